The molecule has 0 aromatic heterocycles. The van der Waals surface area contributed by atoms with Crippen molar-refractivity contribution in [3.63, 3.8) is 0 Å². The summed E-state index contributed by atoms with van der Waals surface area (Å²) >= 11 is 1.79. The fraction of sp³-hybridized carbons (Fsp3) is 0.562. The normalized spacial score (nSPS) is 19.8. The maximum absolute atomic E-state index is 11.8. The molecule has 0 bridgehead atoms. The highest BCUT2D eigenvalue weighted by Crippen LogP contribution is 2.22. The predicted octanol–water partition coefficient (Wildman–Crippen LogP) is 3.24. The van der Waals surface area contributed by atoms with Crippen molar-refractivity contribution in [3.05, 3.63) is 30.3 Å². The molecule has 1 aliphatic heterocycles. The van der Waals surface area contributed by atoms with Crippen molar-refractivity contribution in [1.29, 1.82) is 0 Å². The van der Waals surface area contributed by atoms with Gasteiger partial charge in [0, 0.05) is 29.7 Å². The van der Waals surface area contributed by atoms with E-state index < -0.39 is 0 Å². The number of hydrogen-bond donors (Lipinski definition) is 1. The van der Waals surface area contributed by atoms with Gasteiger partial charge in [-0.3, -0.25) is 4.79 Å². The second kappa shape index (κ2) is 8.32. The molecule has 1 saturated heterocycles. The number of thioether (sulfide) groups is 1. The van der Waals surface area contributed by atoms with Gasteiger partial charge < -0.3 is 10.1 Å². The van der Waals surface area contributed by atoms with E-state index in [1.54, 1.807) is 11.8 Å². The number of nitrogens with one attached hydrogen (secondary N) is 1. The van der Waals surface area contributed by atoms with Crippen molar-refractivity contribution in [2.45, 2.75) is 48.9 Å². The van der Waals surface area contributed by atoms with Crippen LogP contribution in [0.15, 0.2) is 35.2 Å². The first-order chi connectivity index (χ1) is 9.74. The smallest absolute Gasteiger partial charge is 0.220 e. The van der Waals surface area contributed by atoms with E-state index in [1.807, 2.05) is 18.2 Å². The molecule has 20 heavy (non-hydrogen) atoms. The molecular weight excluding hydrogens is 270 g/mol. The van der Waals surface area contributed by atoms with Crippen LogP contribution in [0.25, 0.3) is 0 Å². The summed E-state index contributed by atoms with van der Waals surface area (Å²) in [5.41, 5.74) is 0. The van der Waals surface area contributed by atoms with E-state index in [-0.39, 0.29) is 5.91 Å². The van der Waals surface area contributed by atoms with Crippen molar-refractivity contribution < 1.29 is 9.53 Å². The van der Waals surface area contributed by atoms with Crippen LogP contribution in [0.1, 0.15) is 32.6 Å². The van der Waals surface area contributed by atoms with Gasteiger partial charge in [-0.15, -0.1) is 11.8 Å². The fourth-order valence-electron chi connectivity index (χ4n) is 2.28. The predicted molar refractivity (Wildman–Crippen MR) is 83.0 cm³/mol. The van der Waals surface area contributed by atoms with Gasteiger partial charge in [-0.2, -0.15) is 0 Å². The van der Waals surface area contributed by atoms with E-state index in [0.717, 1.165) is 25.9 Å². The number of carbonyl (C=O) groups excluding carboxylic acids is 1. The van der Waals surface area contributed by atoms with Gasteiger partial charge in [0.1, 0.15) is 0 Å². The second-order valence-electron chi connectivity index (χ2n) is 5.22. The monoisotopic (exact) mass is 293 g/mol. The Kier molecular flexibility index (Phi) is 6.40. The first kappa shape index (κ1) is 15.4. The van der Waals surface area contributed by atoms with Crippen LogP contribution in [0.2, 0.25) is 0 Å². The van der Waals surface area contributed by atoms with E-state index in [4.69, 9.17) is 4.74 Å². The molecule has 1 amide bonds. The van der Waals surface area contributed by atoms with Gasteiger partial charge in [0.25, 0.3) is 0 Å². The summed E-state index contributed by atoms with van der Waals surface area (Å²) in [6.45, 7) is 3.71. The Bertz CT molecular complexity index is 404. The summed E-state index contributed by atoms with van der Waals surface area (Å²) in [7, 11) is 0. The highest BCUT2D eigenvalue weighted by atomic mass is 32.2. The topological polar surface area (TPSA) is 38.3 Å². The lowest BCUT2D eigenvalue weighted by Gasteiger charge is -2.13. The largest absolute Gasteiger partial charge is 0.378 e. The Morgan fingerprint density at radius 2 is 2.25 bits per heavy atom. The Labute approximate surface area is 125 Å². The van der Waals surface area contributed by atoms with Gasteiger partial charge in [-0.05, 0) is 31.4 Å². The molecule has 0 saturated carbocycles. The fourth-order valence-corrected chi connectivity index (χ4v) is 3.23. The average Bonchev–Trinajstić information content (AvgIpc) is 2.97. The van der Waals surface area contributed by atoms with Gasteiger partial charge in [0.2, 0.25) is 5.91 Å². The van der Waals surface area contributed by atoms with Crippen LogP contribution >= 0.6 is 11.8 Å². The van der Waals surface area contributed by atoms with Gasteiger partial charge in [0.15, 0.2) is 0 Å². The quantitative estimate of drug-likeness (QED) is 0.784. The molecule has 2 atom stereocenters. The van der Waals surface area contributed by atoms with E-state index in [2.05, 4.69) is 24.4 Å². The number of carbonyl (C=O) groups is 1. The molecule has 4 heteroatoms. The zero-order valence-electron chi connectivity index (χ0n) is 12.0. The van der Waals surface area contributed by atoms with Crippen molar-refractivity contribution in [2.75, 3.05) is 13.2 Å². The molecule has 1 aromatic carbocycles. The average molecular weight is 293 g/mol. The zero-order valence-corrected chi connectivity index (χ0v) is 12.8. The molecule has 1 aromatic rings. The molecule has 0 radical (unpaired) electrons. The number of benzene rings is 1. The Balaban J connectivity index is 1.60. The Morgan fingerprint density at radius 3 is 2.95 bits per heavy atom. The summed E-state index contributed by atoms with van der Waals surface area (Å²) in [6.07, 6.45) is 3.97. The van der Waals surface area contributed by atoms with E-state index >= 15 is 0 Å². The first-order valence-electron chi connectivity index (χ1n) is 7.34. The highest BCUT2D eigenvalue weighted by molar-refractivity contribution is 8.00. The van der Waals surface area contributed by atoms with Crippen LogP contribution in [0.5, 0.6) is 0 Å². The van der Waals surface area contributed by atoms with Crippen LogP contribution in [-0.4, -0.2) is 30.4 Å². The number of amides is 1. The maximum Gasteiger partial charge on any atom is 0.220 e. The lowest BCUT2D eigenvalue weighted by atomic mass is 10.1. The van der Waals surface area contributed by atoms with Crippen LogP contribution in [0.3, 0.4) is 0 Å². The maximum atomic E-state index is 11.8. The lowest BCUT2D eigenvalue weighted by molar-refractivity contribution is -0.121. The van der Waals surface area contributed by atoms with Crippen LogP contribution in [0.4, 0.5) is 0 Å². The SMILES string of the molecule is C[C@@H](CNC(=O)CC[C@H]1CCCO1)Sc1ccccc1. The van der Waals surface area contributed by atoms with Crippen LogP contribution in [-0.2, 0) is 9.53 Å². The Morgan fingerprint density at radius 1 is 1.45 bits per heavy atom. The third kappa shape index (κ3) is 5.55. The third-order valence-electron chi connectivity index (χ3n) is 3.38. The van der Waals surface area contributed by atoms with Crippen LogP contribution < -0.4 is 5.32 Å². The number of hydrogen-bond acceptors (Lipinski definition) is 3. The minimum atomic E-state index is 0.140. The Hall–Kier alpha value is -1.00. The molecule has 2 rings (SSSR count). The van der Waals surface area contributed by atoms with Crippen molar-refractivity contribution >= 4 is 17.7 Å². The minimum absolute atomic E-state index is 0.140. The standard InChI is InChI=1S/C16H23NO2S/c1-13(20-15-7-3-2-4-8-15)12-17-16(18)10-9-14-6-5-11-19-14/h2-4,7-8,13-14H,5-6,9-12H2,1H3,(H,17,18)/t13-,14+/m0/s1. The molecule has 3 nitrogen and oxygen atoms in total. The molecular formula is C16H23NO2S. The molecule has 1 fully saturated rings. The molecule has 110 valence electrons. The lowest BCUT2D eigenvalue weighted by Crippen LogP contribution is -2.29. The van der Waals surface area contributed by atoms with Crippen LogP contribution in [0, 0.1) is 0 Å². The summed E-state index contributed by atoms with van der Waals surface area (Å²) in [4.78, 5) is 13.0. The molecule has 0 aliphatic carbocycles. The van der Waals surface area contributed by atoms with Gasteiger partial charge in [-0.1, -0.05) is 25.1 Å². The van der Waals surface area contributed by atoms with E-state index in [9.17, 15) is 4.79 Å². The summed E-state index contributed by atoms with van der Waals surface area (Å²) in [5, 5.41) is 3.39. The van der Waals surface area contributed by atoms with E-state index in [0.29, 0.717) is 24.3 Å². The van der Waals surface area contributed by atoms with Crippen molar-refractivity contribution in [3.8, 4) is 0 Å². The zero-order chi connectivity index (χ0) is 14.2. The summed E-state index contributed by atoms with van der Waals surface area (Å²) in [5.74, 6) is 0.140. The molecule has 1 heterocycles. The first-order valence-corrected chi connectivity index (χ1v) is 8.22. The molecule has 0 unspecified atom stereocenters. The highest BCUT2D eigenvalue weighted by Gasteiger charge is 2.16. The van der Waals surface area contributed by atoms with Gasteiger partial charge in [-0.25, -0.2) is 0 Å². The number of ether oxygens (including phenoxy) is 1. The van der Waals surface area contributed by atoms with Crippen molar-refractivity contribution in [1.82, 2.24) is 5.32 Å². The molecule has 1 N–H and O–H groups in total. The molecule has 1 aliphatic rings. The van der Waals surface area contributed by atoms with Gasteiger partial charge >= 0.3 is 0 Å². The van der Waals surface area contributed by atoms with Crippen molar-refractivity contribution in [2.24, 2.45) is 0 Å². The third-order valence-corrected chi connectivity index (χ3v) is 4.50. The minimum Gasteiger partial charge on any atom is -0.378 e. The summed E-state index contributed by atoms with van der Waals surface area (Å²) < 4.78 is 5.52. The second-order valence-corrected chi connectivity index (χ2v) is 6.73. The molecule has 0 spiro atoms. The van der Waals surface area contributed by atoms with Gasteiger partial charge in [0.05, 0.1) is 6.10 Å². The number of rotatable bonds is 7. The van der Waals surface area contributed by atoms with E-state index in [1.165, 1.54) is 4.90 Å². The summed E-state index contributed by atoms with van der Waals surface area (Å²) in [6, 6.07) is 10.3.